The molecule has 4 nitrogen and oxygen atoms in total. The summed E-state index contributed by atoms with van der Waals surface area (Å²) in [5.74, 6) is 0.227. The zero-order valence-corrected chi connectivity index (χ0v) is 10.5. The molecule has 19 heavy (non-hydrogen) atoms. The van der Waals surface area contributed by atoms with E-state index in [-0.39, 0.29) is 16.9 Å². The minimum Gasteiger partial charge on any atom is -0.496 e. The maximum atomic E-state index is 14.0. The van der Waals surface area contributed by atoms with E-state index in [2.05, 4.69) is 4.98 Å². The van der Waals surface area contributed by atoms with E-state index in [1.165, 1.54) is 38.7 Å². The Morgan fingerprint density at radius 3 is 2.58 bits per heavy atom. The lowest BCUT2D eigenvalue weighted by Gasteiger charge is -2.09. The Balaban J connectivity index is 2.58. The van der Waals surface area contributed by atoms with Crippen LogP contribution in [0.2, 0.25) is 0 Å². The summed E-state index contributed by atoms with van der Waals surface area (Å²) in [5.41, 5.74) is 1.08. The van der Waals surface area contributed by atoms with Crippen LogP contribution in [0.25, 0.3) is 11.1 Å². The highest BCUT2D eigenvalue weighted by Gasteiger charge is 2.12. The molecule has 98 valence electrons. The van der Waals surface area contributed by atoms with E-state index in [0.717, 1.165) is 0 Å². The first-order chi connectivity index (χ1) is 9.19. The summed E-state index contributed by atoms with van der Waals surface area (Å²) in [6.45, 7) is 0. The van der Waals surface area contributed by atoms with E-state index in [1.54, 1.807) is 6.07 Å². The van der Waals surface area contributed by atoms with Gasteiger partial charge in [0.15, 0.2) is 6.29 Å². The summed E-state index contributed by atoms with van der Waals surface area (Å²) in [7, 11) is 2.89. The number of hydrogen-bond acceptors (Lipinski definition) is 4. The Kier molecular flexibility index (Phi) is 3.75. The van der Waals surface area contributed by atoms with Crippen molar-refractivity contribution in [1.82, 2.24) is 4.98 Å². The second kappa shape index (κ2) is 5.48. The molecule has 0 aliphatic carbocycles. The summed E-state index contributed by atoms with van der Waals surface area (Å²) in [6, 6.07) is 4.25. The fourth-order valence-electron chi connectivity index (χ4n) is 1.74. The lowest BCUT2D eigenvalue weighted by Crippen LogP contribution is -1.95. The summed E-state index contributed by atoms with van der Waals surface area (Å²) in [4.78, 5) is 14.9. The van der Waals surface area contributed by atoms with E-state index in [4.69, 9.17) is 9.47 Å². The Bertz CT molecular complexity index is 614. The first-order valence-electron chi connectivity index (χ1n) is 5.51. The van der Waals surface area contributed by atoms with Gasteiger partial charge in [-0.1, -0.05) is 0 Å². The molecule has 0 unspecified atom stereocenters. The summed E-state index contributed by atoms with van der Waals surface area (Å²) < 4.78 is 24.0. The number of aromatic nitrogens is 1. The van der Waals surface area contributed by atoms with Crippen LogP contribution in [-0.4, -0.2) is 25.5 Å². The van der Waals surface area contributed by atoms with Gasteiger partial charge in [-0.25, -0.2) is 4.39 Å². The molecule has 0 amide bonds. The average Bonchev–Trinajstić information content (AvgIpc) is 2.46. The van der Waals surface area contributed by atoms with Crippen molar-refractivity contribution >= 4 is 6.29 Å². The number of nitrogens with zero attached hydrogens (tertiary/aromatic N) is 1. The van der Waals surface area contributed by atoms with Gasteiger partial charge in [0.2, 0.25) is 0 Å². The topological polar surface area (TPSA) is 48.4 Å². The van der Waals surface area contributed by atoms with Crippen LogP contribution in [0.5, 0.6) is 11.5 Å². The molecular weight excluding hydrogens is 249 g/mol. The molecule has 2 aromatic rings. The number of halogens is 1. The molecule has 2 rings (SSSR count). The number of hydrogen-bond donors (Lipinski definition) is 0. The first-order valence-corrected chi connectivity index (χ1v) is 5.51. The predicted octanol–water partition coefficient (Wildman–Crippen LogP) is 2.72. The summed E-state index contributed by atoms with van der Waals surface area (Å²) in [5, 5.41) is 0. The van der Waals surface area contributed by atoms with Gasteiger partial charge in [0, 0.05) is 23.4 Å². The van der Waals surface area contributed by atoms with Crippen molar-refractivity contribution in [2.75, 3.05) is 14.2 Å². The minimum absolute atomic E-state index is 0.201. The van der Waals surface area contributed by atoms with Crippen molar-refractivity contribution < 1.29 is 18.7 Å². The highest BCUT2D eigenvalue weighted by molar-refractivity contribution is 5.83. The zero-order valence-electron chi connectivity index (χ0n) is 10.5. The highest BCUT2D eigenvalue weighted by atomic mass is 19.1. The fraction of sp³-hybridized carbons (Fsp3) is 0.143. The quantitative estimate of drug-likeness (QED) is 0.794. The largest absolute Gasteiger partial charge is 0.496 e. The van der Waals surface area contributed by atoms with Gasteiger partial charge < -0.3 is 9.47 Å². The normalized spacial score (nSPS) is 10.1. The Morgan fingerprint density at radius 1 is 1.16 bits per heavy atom. The molecule has 1 heterocycles. The molecule has 0 saturated heterocycles. The van der Waals surface area contributed by atoms with E-state index in [1.807, 2.05) is 0 Å². The second-order valence-electron chi connectivity index (χ2n) is 3.81. The van der Waals surface area contributed by atoms with E-state index in [0.29, 0.717) is 17.6 Å². The lowest BCUT2D eigenvalue weighted by atomic mass is 10.0. The van der Waals surface area contributed by atoms with Crippen LogP contribution >= 0.6 is 0 Å². The number of ether oxygens (including phenoxy) is 2. The molecule has 0 saturated carbocycles. The Morgan fingerprint density at radius 2 is 1.95 bits per heavy atom. The van der Waals surface area contributed by atoms with Crippen LogP contribution in [0.1, 0.15) is 10.4 Å². The molecule has 0 bridgehead atoms. The van der Waals surface area contributed by atoms with Crippen LogP contribution in [0.3, 0.4) is 0 Å². The summed E-state index contributed by atoms with van der Waals surface area (Å²) >= 11 is 0. The summed E-state index contributed by atoms with van der Waals surface area (Å²) in [6.07, 6.45) is 3.64. The molecule has 0 fully saturated rings. The third-order valence-electron chi connectivity index (χ3n) is 2.71. The van der Waals surface area contributed by atoms with Crippen molar-refractivity contribution in [3.05, 3.63) is 42.0 Å². The molecule has 0 atom stereocenters. The Labute approximate surface area is 109 Å². The average molecular weight is 261 g/mol. The molecule has 5 heteroatoms. The van der Waals surface area contributed by atoms with Crippen molar-refractivity contribution in [1.29, 1.82) is 0 Å². The van der Waals surface area contributed by atoms with Crippen LogP contribution in [0, 0.1) is 5.82 Å². The van der Waals surface area contributed by atoms with Crippen LogP contribution in [0.4, 0.5) is 4.39 Å². The number of carbonyl (C=O) groups is 1. The van der Waals surface area contributed by atoms with Crippen LogP contribution in [-0.2, 0) is 0 Å². The highest BCUT2D eigenvalue weighted by Crippen LogP contribution is 2.30. The fourth-order valence-corrected chi connectivity index (χ4v) is 1.74. The number of rotatable bonds is 4. The second-order valence-corrected chi connectivity index (χ2v) is 3.81. The van der Waals surface area contributed by atoms with Gasteiger partial charge in [-0.2, -0.15) is 0 Å². The lowest BCUT2D eigenvalue weighted by molar-refractivity contribution is 0.112. The van der Waals surface area contributed by atoms with E-state index in [9.17, 15) is 9.18 Å². The molecule has 1 aromatic carbocycles. The SMILES string of the molecule is COc1cncc(-c2cc(C=O)c(OC)cc2F)c1. The smallest absolute Gasteiger partial charge is 0.153 e. The van der Waals surface area contributed by atoms with Crippen molar-refractivity contribution in [2.45, 2.75) is 0 Å². The maximum Gasteiger partial charge on any atom is 0.153 e. The molecule has 0 N–H and O–H groups in total. The third kappa shape index (κ3) is 2.54. The van der Waals surface area contributed by atoms with Gasteiger partial charge in [-0.15, -0.1) is 0 Å². The molecule has 0 spiro atoms. The third-order valence-corrected chi connectivity index (χ3v) is 2.71. The van der Waals surface area contributed by atoms with Crippen molar-refractivity contribution in [3.63, 3.8) is 0 Å². The van der Waals surface area contributed by atoms with Gasteiger partial charge in [0.25, 0.3) is 0 Å². The molecular formula is C14H12FNO3. The maximum absolute atomic E-state index is 14.0. The Hall–Kier alpha value is -2.43. The standard InChI is InChI=1S/C14H12FNO3/c1-18-11-3-9(6-16-7-11)12-4-10(8-17)14(19-2)5-13(12)15/h3-8H,1-2H3. The van der Waals surface area contributed by atoms with Gasteiger partial charge in [-0.05, 0) is 12.1 Å². The van der Waals surface area contributed by atoms with E-state index >= 15 is 0 Å². The molecule has 1 aromatic heterocycles. The van der Waals surface area contributed by atoms with Gasteiger partial charge in [-0.3, -0.25) is 9.78 Å². The van der Waals surface area contributed by atoms with Crippen molar-refractivity contribution in [3.8, 4) is 22.6 Å². The number of carbonyl (C=O) groups excluding carboxylic acids is 1. The molecule has 0 aliphatic heterocycles. The van der Waals surface area contributed by atoms with Gasteiger partial charge in [0.05, 0.1) is 26.0 Å². The van der Waals surface area contributed by atoms with Gasteiger partial charge in [0.1, 0.15) is 17.3 Å². The van der Waals surface area contributed by atoms with Gasteiger partial charge >= 0.3 is 0 Å². The first kappa shape index (κ1) is 13.0. The van der Waals surface area contributed by atoms with E-state index < -0.39 is 5.82 Å². The van der Waals surface area contributed by atoms with Crippen LogP contribution < -0.4 is 9.47 Å². The number of methoxy groups -OCH3 is 2. The molecule has 0 aliphatic rings. The monoisotopic (exact) mass is 261 g/mol. The predicted molar refractivity (Wildman–Crippen MR) is 68.1 cm³/mol. The molecule has 0 radical (unpaired) electrons. The zero-order chi connectivity index (χ0) is 13.8. The number of pyridine rings is 1. The number of benzene rings is 1. The van der Waals surface area contributed by atoms with Crippen molar-refractivity contribution in [2.24, 2.45) is 0 Å². The minimum atomic E-state index is -0.488. The number of aldehydes is 1. The van der Waals surface area contributed by atoms with Crippen LogP contribution in [0.15, 0.2) is 30.6 Å².